The molecule has 0 saturated carbocycles. The Kier molecular flexibility index (Phi) is 21.7. The smallest absolute Gasteiger partial charge is 0.332 e. The summed E-state index contributed by atoms with van der Waals surface area (Å²) in [6.07, 6.45) is 20.3. The molecule has 0 amide bonds. The summed E-state index contributed by atoms with van der Waals surface area (Å²) in [6.45, 7) is 5.02. The molecule has 0 aliphatic rings. The number of unbranched alkanes of at least 4 members (excludes halogenated alkanes) is 12. The van der Waals surface area contributed by atoms with Crippen LogP contribution in [0.4, 0.5) is 0 Å². The molecule has 0 rings (SSSR count). The monoisotopic (exact) mass is 398 g/mol. The largest absolute Gasteiger partial charge is 0.461 e. The molecule has 0 unspecified atom stereocenters. The van der Waals surface area contributed by atoms with Crippen molar-refractivity contribution in [3.63, 3.8) is 0 Å². The first-order chi connectivity index (χ1) is 13.7. The van der Waals surface area contributed by atoms with Gasteiger partial charge in [-0.1, -0.05) is 78.1 Å². The van der Waals surface area contributed by atoms with Crippen molar-refractivity contribution in [3.05, 3.63) is 0 Å². The minimum atomic E-state index is -0.239. The highest BCUT2D eigenvalue weighted by atomic mass is 16.6. The third kappa shape index (κ3) is 19.9. The Hall–Kier alpha value is -0.900. The van der Waals surface area contributed by atoms with Crippen LogP contribution in [0.25, 0.3) is 0 Å². The van der Waals surface area contributed by atoms with Crippen LogP contribution < -0.4 is 0 Å². The lowest BCUT2D eigenvalue weighted by Crippen LogP contribution is -2.22. The van der Waals surface area contributed by atoms with E-state index in [-0.39, 0.29) is 18.7 Å². The number of esters is 1. The molecular formula is C24H46O4. The van der Waals surface area contributed by atoms with Crippen molar-refractivity contribution in [1.82, 2.24) is 0 Å². The van der Waals surface area contributed by atoms with Crippen LogP contribution in [0, 0.1) is 0 Å². The molecule has 0 N–H and O–H groups in total. The molecule has 4 heteroatoms. The van der Waals surface area contributed by atoms with Gasteiger partial charge in [0.2, 0.25) is 0 Å². The highest BCUT2D eigenvalue weighted by molar-refractivity contribution is 5.70. The van der Waals surface area contributed by atoms with Crippen LogP contribution in [0.3, 0.4) is 0 Å². The van der Waals surface area contributed by atoms with E-state index < -0.39 is 0 Å². The predicted octanol–water partition coefficient (Wildman–Crippen LogP) is 6.79. The zero-order chi connectivity index (χ0) is 20.7. The molecule has 0 fully saturated rings. The maximum atomic E-state index is 12.1. The van der Waals surface area contributed by atoms with Gasteiger partial charge in [0.25, 0.3) is 0 Å². The fraction of sp³-hybridized carbons (Fsp3) is 0.917. The molecule has 0 aromatic heterocycles. The molecule has 0 aliphatic heterocycles. The van der Waals surface area contributed by atoms with Gasteiger partial charge >= 0.3 is 5.97 Å². The SMILES string of the molecule is CCCCCCCCC(CCCCCCCC)OC(=O)COCCCCC=O. The lowest BCUT2D eigenvalue weighted by molar-refractivity contribution is -0.155. The van der Waals surface area contributed by atoms with Crippen LogP contribution in [0.15, 0.2) is 0 Å². The molecule has 4 nitrogen and oxygen atoms in total. The summed E-state index contributed by atoms with van der Waals surface area (Å²) in [5.74, 6) is -0.239. The highest BCUT2D eigenvalue weighted by Gasteiger charge is 2.14. The first-order valence-corrected chi connectivity index (χ1v) is 11.9. The Balaban J connectivity index is 4.00. The molecule has 0 spiro atoms. The average Bonchev–Trinajstić information content (AvgIpc) is 2.69. The van der Waals surface area contributed by atoms with E-state index in [4.69, 9.17) is 9.47 Å². The minimum Gasteiger partial charge on any atom is -0.461 e. The molecule has 0 saturated heterocycles. The molecule has 28 heavy (non-hydrogen) atoms. The number of hydrogen-bond donors (Lipinski definition) is 0. The van der Waals surface area contributed by atoms with Gasteiger partial charge < -0.3 is 14.3 Å². The molecule has 0 heterocycles. The second-order valence-electron chi connectivity index (χ2n) is 7.94. The van der Waals surface area contributed by atoms with Crippen molar-refractivity contribution < 1.29 is 19.1 Å². The van der Waals surface area contributed by atoms with Crippen molar-refractivity contribution in [2.75, 3.05) is 13.2 Å². The van der Waals surface area contributed by atoms with Gasteiger partial charge in [0.15, 0.2) is 0 Å². The predicted molar refractivity (Wildman–Crippen MR) is 117 cm³/mol. The zero-order valence-electron chi connectivity index (χ0n) is 18.7. The summed E-state index contributed by atoms with van der Waals surface area (Å²) in [7, 11) is 0. The Morgan fingerprint density at radius 3 is 1.82 bits per heavy atom. The maximum absolute atomic E-state index is 12.1. The number of ether oxygens (including phenoxy) is 2. The third-order valence-corrected chi connectivity index (χ3v) is 5.14. The number of carbonyl (C=O) groups is 2. The van der Waals surface area contributed by atoms with Gasteiger partial charge in [-0.15, -0.1) is 0 Å². The van der Waals surface area contributed by atoms with Crippen molar-refractivity contribution in [2.24, 2.45) is 0 Å². The van der Waals surface area contributed by atoms with Crippen LogP contribution >= 0.6 is 0 Å². The minimum absolute atomic E-state index is 0.0323. The molecule has 0 aromatic rings. The molecular weight excluding hydrogens is 352 g/mol. The number of rotatable bonds is 22. The lowest BCUT2D eigenvalue weighted by atomic mass is 10.0. The van der Waals surface area contributed by atoms with Gasteiger partial charge in [0.1, 0.15) is 19.0 Å². The second kappa shape index (κ2) is 22.4. The first-order valence-electron chi connectivity index (χ1n) is 11.9. The van der Waals surface area contributed by atoms with E-state index in [0.29, 0.717) is 13.0 Å². The van der Waals surface area contributed by atoms with Gasteiger partial charge in [-0.2, -0.15) is 0 Å². The van der Waals surface area contributed by atoms with Gasteiger partial charge in [0.05, 0.1) is 0 Å². The standard InChI is InChI=1S/C24H46O4/c1-3-5-7-9-11-14-18-23(19-15-12-10-8-6-4-2)28-24(26)22-27-21-17-13-16-20-25/h20,23H,3-19,21-22H2,1-2H3. The van der Waals surface area contributed by atoms with E-state index in [2.05, 4.69) is 13.8 Å². The quantitative estimate of drug-likeness (QED) is 0.114. The second-order valence-corrected chi connectivity index (χ2v) is 7.94. The molecule has 0 aliphatic carbocycles. The Morgan fingerprint density at radius 1 is 0.750 bits per heavy atom. The fourth-order valence-electron chi connectivity index (χ4n) is 3.37. The van der Waals surface area contributed by atoms with Crippen LogP contribution in [0.5, 0.6) is 0 Å². The molecule has 0 aromatic carbocycles. The number of aldehydes is 1. The van der Waals surface area contributed by atoms with Crippen LogP contribution in [-0.4, -0.2) is 31.6 Å². The summed E-state index contributed by atoms with van der Waals surface area (Å²) in [5.41, 5.74) is 0. The van der Waals surface area contributed by atoms with E-state index >= 15 is 0 Å². The van der Waals surface area contributed by atoms with Crippen molar-refractivity contribution in [2.45, 2.75) is 129 Å². The number of hydrogen-bond acceptors (Lipinski definition) is 4. The summed E-state index contributed by atoms with van der Waals surface area (Å²) >= 11 is 0. The van der Waals surface area contributed by atoms with E-state index in [0.717, 1.165) is 44.8 Å². The Morgan fingerprint density at radius 2 is 1.29 bits per heavy atom. The van der Waals surface area contributed by atoms with Crippen LogP contribution in [-0.2, 0) is 19.1 Å². The Bertz CT molecular complexity index is 327. The lowest BCUT2D eigenvalue weighted by Gasteiger charge is -2.18. The fourth-order valence-corrected chi connectivity index (χ4v) is 3.37. The normalized spacial score (nSPS) is 11.1. The van der Waals surface area contributed by atoms with Gasteiger partial charge in [0, 0.05) is 13.0 Å². The summed E-state index contributed by atoms with van der Waals surface area (Å²) in [5, 5.41) is 0. The molecule has 0 radical (unpaired) electrons. The van der Waals surface area contributed by atoms with E-state index in [1.165, 1.54) is 64.2 Å². The van der Waals surface area contributed by atoms with Gasteiger partial charge in [-0.05, 0) is 38.5 Å². The maximum Gasteiger partial charge on any atom is 0.332 e. The van der Waals surface area contributed by atoms with Crippen LogP contribution in [0.2, 0.25) is 0 Å². The van der Waals surface area contributed by atoms with Crippen LogP contribution in [0.1, 0.15) is 123 Å². The van der Waals surface area contributed by atoms with E-state index in [1.807, 2.05) is 0 Å². The Labute approximate surface area is 174 Å². The molecule has 166 valence electrons. The average molecular weight is 399 g/mol. The third-order valence-electron chi connectivity index (χ3n) is 5.14. The van der Waals surface area contributed by atoms with E-state index in [9.17, 15) is 9.59 Å². The van der Waals surface area contributed by atoms with Crippen molar-refractivity contribution in [3.8, 4) is 0 Å². The molecule has 0 atom stereocenters. The summed E-state index contributed by atoms with van der Waals surface area (Å²) < 4.78 is 11.1. The van der Waals surface area contributed by atoms with Gasteiger partial charge in [-0.25, -0.2) is 4.79 Å². The first kappa shape index (κ1) is 27.1. The zero-order valence-corrected chi connectivity index (χ0v) is 18.7. The summed E-state index contributed by atoms with van der Waals surface area (Å²) in [6, 6.07) is 0. The van der Waals surface area contributed by atoms with E-state index in [1.54, 1.807) is 0 Å². The topological polar surface area (TPSA) is 52.6 Å². The van der Waals surface area contributed by atoms with Gasteiger partial charge in [-0.3, -0.25) is 0 Å². The number of carbonyl (C=O) groups excluding carboxylic acids is 2. The van der Waals surface area contributed by atoms with Crippen molar-refractivity contribution in [1.29, 1.82) is 0 Å². The summed E-state index contributed by atoms with van der Waals surface area (Å²) in [4.78, 5) is 22.4. The molecule has 0 bridgehead atoms. The highest BCUT2D eigenvalue weighted by Crippen LogP contribution is 2.17. The van der Waals surface area contributed by atoms with Crippen molar-refractivity contribution >= 4 is 12.3 Å².